The van der Waals surface area contributed by atoms with Gasteiger partial charge in [-0.2, -0.15) is 4.98 Å². The lowest BCUT2D eigenvalue weighted by Gasteiger charge is -2.58. The number of nitrogens with one attached hydrogen (secondary N) is 3. The van der Waals surface area contributed by atoms with Crippen LogP contribution in [0.1, 0.15) is 111 Å². The van der Waals surface area contributed by atoms with E-state index in [0.717, 1.165) is 93.7 Å². The molecule has 0 radical (unpaired) electrons. The number of H-pyrrole nitrogens is 1. The Bertz CT molecular complexity index is 3370. The van der Waals surface area contributed by atoms with Crippen molar-refractivity contribution in [3.63, 3.8) is 0 Å². The van der Waals surface area contributed by atoms with Gasteiger partial charge < -0.3 is 34.3 Å². The van der Waals surface area contributed by atoms with Gasteiger partial charge in [0.1, 0.15) is 23.1 Å². The van der Waals surface area contributed by atoms with E-state index in [1.165, 1.54) is 35.4 Å². The molecule has 5 aliphatic heterocycles. The first-order valence-electron chi connectivity index (χ1n) is 28.1. The van der Waals surface area contributed by atoms with E-state index in [2.05, 4.69) is 67.8 Å². The summed E-state index contributed by atoms with van der Waals surface area (Å²) >= 11 is 0. The van der Waals surface area contributed by atoms with Crippen LogP contribution in [-0.2, 0) is 25.9 Å². The van der Waals surface area contributed by atoms with Crippen LogP contribution in [-0.4, -0.2) is 105 Å². The minimum absolute atomic E-state index is 0.0985. The molecule has 0 bridgehead atoms. The highest BCUT2D eigenvalue weighted by Crippen LogP contribution is 2.55. The smallest absolute Gasteiger partial charge is 0.293 e. The number of rotatable bonds is 14. The average Bonchev–Trinajstić information content (AvgIpc) is 4.12. The Balaban J connectivity index is 0.806. The van der Waals surface area contributed by atoms with Crippen molar-refractivity contribution >= 4 is 55.4 Å². The molecule has 0 unspecified atom stereocenters. The fraction of sp³-hybridized carbons (Fsp3) is 0.467. The summed E-state index contributed by atoms with van der Waals surface area (Å²) in [5.74, 6) is -1.21. The Hall–Kier alpha value is -6.67. The van der Waals surface area contributed by atoms with Crippen molar-refractivity contribution in [2.75, 3.05) is 67.7 Å². The first-order valence-corrected chi connectivity index (χ1v) is 29.5. The molecule has 6 aromatic rings. The van der Waals surface area contributed by atoms with E-state index in [0.29, 0.717) is 80.0 Å². The van der Waals surface area contributed by atoms with Gasteiger partial charge in [0.05, 0.1) is 33.7 Å². The maximum Gasteiger partial charge on any atom is 0.293 e. The number of anilines is 4. The highest BCUT2D eigenvalue weighted by Gasteiger charge is 2.50. The fourth-order valence-corrected chi connectivity index (χ4v) is 14.6. The van der Waals surface area contributed by atoms with Crippen LogP contribution in [0, 0.1) is 39.0 Å². The highest BCUT2D eigenvalue weighted by atomic mass is 32.2. The third-order valence-corrected chi connectivity index (χ3v) is 19.3. The summed E-state index contributed by atoms with van der Waals surface area (Å²) in [6.07, 6.45) is 10.3. The van der Waals surface area contributed by atoms with Crippen molar-refractivity contribution in [3.8, 4) is 5.88 Å². The van der Waals surface area contributed by atoms with Crippen molar-refractivity contribution in [2.24, 2.45) is 17.3 Å². The van der Waals surface area contributed by atoms with Gasteiger partial charge in [0.25, 0.3) is 21.6 Å². The number of likely N-dealkylation sites (tertiary alicyclic amines) is 1. The number of pyridine rings is 1. The Morgan fingerprint density at radius 3 is 2.47 bits per heavy atom. The van der Waals surface area contributed by atoms with Crippen LogP contribution >= 0.6 is 0 Å². The van der Waals surface area contributed by atoms with Crippen molar-refractivity contribution in [2.45, 2.75) is 113 Å². The number of amides is 1. The molecule has 12 rings (SSSR count). The molecule has 1 amide bonds. The lowest BCUT2D eigenvalue weighted by molar-refractivity contribution is -0.384. The van der Waals surface area contributed by atoms with E-state index < -0.39 is 49.2 Å². The Kier molecular flexibility index (Phi) is 14.6. The van der Waals surface area contributed by atoms with Gasteiger partial charge in [-0.15, -0.1) is 0 Å². The molecule has 4 atom stereocenters. The minimum atomic E-state index is -4.63. The number of nitrogens with zero attached hydrogens (tertiary/aromatic N) is 5. The first-order chi connectivity index (χ1) is 38.2. The van der Waals surface area contributed by atoms with Crippen LogP contribution in [0.15, 0.2) is 102 Å². The van der Waals surface area contributed by atoms with Crippen molar-refractivity contribution < 1.29 is 41.1 Å². The van der Waals surface area contributed by atoms with Crippen LogP contribution in [0.3, 0.4) is 0 Å². The standard InChI is InChI=1S/C60H68F2N8O8S/c1-37(2)45-5-3-4-6-46(45)52-29-40(27-39-7-11-48(61)49(62)28-39)14-21-68(52)43-33-60(34-43)18-22-67(23-19-60)42-8-10-47(53(31-42)69-51-17-26-77-36-56(51)78-59-55(69)30-41-13-20-63-57(41)65-59)58(71)66-79(74,75)44-9-12-50(54(32-44)70(72)73)64-35-38-15-24-76-25-16-38/h3-13,20,28,30-32,37-38,40,43,51-52,56,64H,14-19,21-27,29,33-36H2,1-2H3,(H,63,65)(H,66,71)/t40-,51+,52+,56+/m1/s1. The molecule has 79 heavy (non-hydrogen) atoms. The van der Waals surface area contributed by atoms with E-state index in [-0.39, 0.29) is 41.3 Å². The summed E-state index contributed by atoms with van der Waals surface area (Å²) in [6.45, 7) is 9.43. The molecule has 19 heteroatoms. The topological polar surface area (TPSA) is 184 Å². The molecule has 5 fully saturated rings. The maximum absolute atomic E-state index is 14.8. The predicted octanol–water partition coefficient (Wildman–Crippen LogP) is 11.0. The molecular weight excluding hydrogens is 1030 g/mol. The van der Waals surface area contributed by atoms with Gasteiger partial charge in [-0.25, -0.2) is 21.9 Å². The Labute approximate surface area is 459 Å². The number of carbonyl (C=O) groups excluding carboxylic acids is 1. The molecule has 2 aromatic heterocycles. The minimum Gasteiger partial charge on any atom is -0.468 e. The molecule has 1 saturated carbocycles. The van der Waals surface area contributed by atoms with E-state index in [1.807, 2.05) is 24.3 Å². The maximum atomic E-state index is 14.8. The second kappa shape index (κ2) is 21.8. The van der Waals surface area contributed by atoms with Crippen molar-refractivity contribution in [3.05, 3.63) is 141 Å². The third-order valence-electron chi connectivity index (χ3n) is 17.9. The SMILES string of the molecule is CC(C)c1ccccc1[C@@H]1C[C@@H](Cc2ccc(F)c(F)c2)CCN1C1CC2(CCN(c3ccc(C(=O)NS(=O)(=O)c4ccc(NCC5CCOCC5)c([N+](=O)[O-])c4)c(N4c5cc6cc[nH]c6nc5O[C@H]5COCC[C@@H]54)c3)CC2)C1. The highest BCUT2D eigenvalue weighted by molar-refractivity contribution is 7.90. The van der Waals surface area contributed by atoms with Gasteiger partial charge in [0.2, 0.25) is 5.88 Å². The zero-order valence-electron chi connectivity index (χ0n) is 44.7. The number of aromatic amines is 1. The summed E-state index contributed by atoms with van der Waals surface area (Å²) in [4.78, 5) is 41.3. The number of nitro benzene ring substituents is 1. The number of piperidine rings is 2. The molecule has 16 nitrogen and oxygen atoms in total. The molecule has 416 valence electrons. The number of carbonyl (C=O) groups is 1. The largest absolute Gasteiger partial charge is 0.468 e. The van der Waals surface area contributed by atoms with Crippen LogP contribution < -0.4 is 24.6 Å². The molecule has 6 aliphatic rings. The number of aromatic nitrogens is 2. The van der Waals surface area contributed by atoms with Gasteiger partial charge in [0, 0.05) is 74.9 Å². The number of sulfonamides is 1. The summed E-state index contributed by atoms with van der Waals surface area (Å²) in [6, 6.07) is 26.5. The van der Waals surface area contributed by atoms with E-state index in [4.69, 9.17) is 19.2 Å². The van der Waals surface area contributed by atoms with E-state index in [1.54, 1.807) is 18.3 Å². The third kappa shape index (κ3) is 10.7. The molecular formula is C60H68F2N8O8S. The van der Waals surface area contributed by atoms with Gasteiger partial charge in [-0.1, -0.05) is 44.2 Å². The van der Waals surface area contributed by atoms with Crippen LogP contribution in [0.5, 0.6) is 5.88 Å². The number of ether oxygens (including phenoxy) is 3. The number of hydrogen-bond donors (Lipinski definition) is 3. The Morgan fingerprint density at radius 2 is 1.68 bits per heavy atom. The van der Waals surface area contributed by atoms with Crippen LogP contribution in [0.4, 0.5) is 37.2 Å². The van der Waals surface area contributed by atoms with E-state index >= 15 is 0 Å². The van der Waals surface area contributed by atoms with Crippen molar-refractivity contribution in [1.29, 1.82) is 0 Å². The second-order valence-electron chi connectivity index (χ2n) is 23.1. The molecule has 1 spiro atoms. The average molecular weight is 1100 g/mol. The number of benzene rings is 4. The van der Waals surface area contributed by atoms with Gasteiger partial charge in [-0.3, -0.25) is 19.8 Å². The van der Waals surface area contributed by atoms with Crippen LogP contribution in [0.25, 0.3) is 11.0 Å². The summed E-state index contributed by atoms with van der Waals surface area (Å²) in [5, 5.41) is 16.3. The molecule has 4 aromatic carbocycles. The zero-order chi connectivity index (χ0) is 54.6. The zero-order valence-corrected chi connectivity index (χ0v) is 45.5. The lowest BCUT2D eigenvalue weighted by atomic mass is 9.59. The lowest BCUT2D eigenvalue weighted by Crippen LogP contribution is -2.57. The fourth-order valence-electron chi connectivity index (χ4n) is 13.6. The summed E-state index contributed by atoms with van der Waals surface area (Å²) in [5.41, 5.74) is 6.22. The van der Waals surface area contributed by atoms with Crippen molar-refractivity contribution in [1.82, 2.24) is 19.6 Å². The molecule has 4 saturated heterocycles. The normalized spacial score (nSPS) is 22.7. The van der Waals surface area contributed by atoms with Crippen LogP contribution in [0.2, 0.25) is 0 Å². The summed E-state index contributed by atoms with van der Waals surface area (Å²) < 4.78 is 76.9. The first kappa shape index (κ1) is 53.0. The number of nitro groups is 1. The molecule has 3 N–H and O–H groups in total. The molecule has 7 heterocycles. The van der Waals surface area contributed by atoms with E-state index in [9.17, 15) is 32.1 Å². The second-order valence-corrected chi connectivity index (χ2v) is 24.8. The van der Waals surface area contributed by atoms with Gasteiger partial charge in [-0.05, 0) is 165 Å². The number of halogens is 2. The summed E-state index contributed by atoms with van der Waals surface area (Å²) in [7, 11) is -4.63. The van der Waals surface area contributed by atoms with Gasteiger partial charge in [0.15, 0.2) is 11.6 Å². The van der Waals surface area contributed by atoms with Gasteiger partial charge >= 0.3 is 0 Å². The number of fused-ring (bicyclic) bond motifs is 3. The monoisotopic (exact) mass is 1100 g/mol. The Morgan fingerprint density at radius 1 is 0.886 bits per heavy atom. The quantitative estimate of drug-likeness (QED) is 0.0692. The number of hydrogen-bond acceptors (Lipinski definition) is 13. The predicted molar refractivity (Wildman–Crippen MR) is 298 cm³/mol. The molecule has 1 aliphatic carbocycles.